The monoisotopic (exact) mass is 167 g/mol. The van der Waals surface area contributed by atoms with Crippen LogP contribution < -0.4 is 11.5 Å². The standard InChI is InChI=1S/C8H13N3O/c9-6-4-2-1-3-5(6)7(10)8(11)12/h10H,1-4,9H2,(H2,11,12). The molecule has 1 rings (SSSR count). The lowest BCUT2D eigenvalue weighted by atomic mass is 9.93. The molecule has 4 nitrogen and oxygen atoms in total. The Morgan fingerprint density at radius 2 is 1.92 bits per heavy atom. The van der Waals surface area contributed by atoms with Crippen LogP contribution in [0, 0.1) is 5.41 Å². The van der Waals surface area contributed by atoms with E-state index in [4.69, 9.17) is 16.9 Å². The van der Waals surface area contributed by atoms with Crippen molar-refractivity contribution >= 4 is 11.6 Å². The van der Waals surface area contributed by atoms with Gasteiger partial charge in [-0.25, -0.2) is 0 Å². The number of hydrogen-bond acceptors (Lipinski definition) is 3. The molecule has 0 heterocycles. The average molecular weight is 167 g/mol. The number of nitrogens with one attached hydrogen (secondary N) is 1. The summed E-state index contributed by atoms with van der Waals surface area (Å²) in [4.78, 5) is 10.7. The average Bonchev–Trinajstić information content (AvgIpc) is 2.04. The maximum atomic E-state index is 10.7. The number of carbonyl (C=O) groups excluding carboxylic acids is 1. The Bertz CT molecular complexity index is 252. The first kappa shape index (κ1) is 8.77. The quantitative estimate of drug-likeness (QED) is 0.515. The van der Waals surface area contributed by atoms with E-state index < -0.39 is 5.91 Å². The molecule has 66 valence electrons. The van der Waals surface area contributed by atoms with Crippen molar-refractivity contribution in [1.29, 1.82) is 5.41 Å². The molecule has 1 amide bonds. The molecule has 0 aliphatic heterocycles. The second kappa shape index (κ2) is 3.38. The maximum Gasteiger partial charge on any atom is 0.266 e. The Hall–Kier alpha value is -1.32. The molecule has 1 aliphatic rings. The zero-order valence-corrected chi connectivity index (χ0v) is 6.89. The van der Waals surface area contributed by atoms with Crippen LogP contribution in [-0.2, 0) is 4.79 Å². The van der Waals surface area contributed by atoms with Crippen molar-refractivity contribution in [2.24, 2.45) is 11.5 Å². The SMILES string of the molecule is N=C(C(N)=O)C1=C(N)CCCC1. The predicted molar refractivity (Wildman–Crippen MR) is 46.6 cm³/mol. The number of carbonyl (C=O) groups is 1. The number of hydrogen-bond donors (Lipinski definition) is 3. The van der Waals surface area contributed by atoms with E-state index in [0.717, 1.165) is 19.3 Å². The normalized spacial score (nSPS) is 17.7. The number of rotatable bonds is 2. The first-order valence-corrected chi connectivity index (χ1v) is 3.99. The number of nitrogens with two attached hydrogens (primary N) is 2. The predicted octanol–water partition coefficient (Wildman–Crippen LogP) is 0.278. The second-order valence-corrected chi connectivity index (χ2v) is 2.95. The first-order chi connectivity index (χ1) is 5.63. The van der Waals surface area contributed by atoms with Gasteiger partial charge in [-0.2, -0.15) is 0 Å². The molecule has 0 unspecified atom stereocenters. The fourth-order valence-electron chi connectivity index (χ4n) is 1.36. The minimum Gasteiger partial charge on any atom is -0.402 e. The van der Waals surface area contributed by atoms with Gasteiger partial charge in [-0.15, -0.1) is 0 Å². The molecule has 0 aromatic heterocycles. The third-order valence-corrected chi connectivity index (χ3v) is 2.06. The van der Waals surface area contributed by atoms with Gasteiger partial charge in [0.15, 0.2) is 0 Å². The van der Waals surface area contributed by atoms with Gasteiger partial charge in [0, 0.05) is 11.3 Å². The van der Waals surface area contributed by atoms with Crippen LogP contribution >= 0.6 is 0 Å². The molecule has 0 spiro atoms. The van der Waals surface area contributed by atoms with Crippen molar-refractivity contribution in [3.63, 3.8) is 0 Å². The molecule has 12 heavy (non-hydrogen) atoms. The van der Waals surface area contributed by atoms with E-state index in [1.54, 1.807) is 0 Å². The van der Waals surface area contributed by atoms with E-state index in [-0.39, 0.29) is 5.71 Å². The Labute approximate surface area is 71.1 Å². The van der Waals surface area contributed by atoms with Crippen molar-refractivity contribution in [2.45, 2.75) is 25.7 Å². The van der Waals surface area contributed by atoms with Crippen LogP contribution in [0.5, 0.6) is 0 Å². The lowest BCUT2D eigenvalue weighted by molar-refractivity contribution is -0.112. The van der Waals surface area contributed by atoms with Crippen LogP contribution in [0.15, 0.2) is 11.3 Å². The van der Waals surface area contributed by atoms with E-state index >= 15 is 0 Å². The topological polar surface area (TPSA) is 93.0 Å². The van der Waals surface area contributed by atoms with Crippen molar-refractivity contribution in [3.05, 3.63) is 11.3 Å². The van der Waals surface area contributed by atoms with E-state index in [1.807, 2.05) is 0 Å². The van der Waals surface area contributed by atoms with Crippen LogP contribution in [0.2, 0.25) is 0 Å². The third-order valence-electron chi connectivity index (χ3n) is 2.06. The minimum atomic E-state index is -0.685. The van der Waals surface area contributed by atoms with Crippen LogP contribution in [0.25, 0.3) is 0 Å². The van der Waals surface area contributed by atoms with Crippen molar-refractivity contribution < 1.29 is 4.79 Å². The summed E-state index contributed by atoms with van der Waals surface area (Å²) in [6, 6.07) is 0. The van der Waals surface area contributed by atoms with E-state index in [1.165, 1.54) is 0 Å². The fraction of sp³-hybridized carbons (Fsp3) is 0.500. The molecule has 5 N–H and O–H groups in total. The van der Waals surface area contributed by atoms with Crippen LogP contribution in [0.4, 0.5) is 0 Å². The molecule has 0 aromatic carbocycles. The van der Waals surface area contributed by atoms with Crippen LogP contribution in [0.1, 0.15) is 25.7 Å². The Balaban J connectivity index is 2.85. The van der Waals surface area contributed by atoms with Gasteiger partial charge in [0.05, 0.1) is 0 Å². The summed E-state index contributed by atoms with van der Waals surface area (Å²) in [5, 5.41) is 7.36. The second-order valence-electron chi connectivity index (χ2n) is 2.95. The van der Waals surface area contributed by atoms with Gasteiger partial charge in [-0.1, -0.05) is 0 Å². The molecule has 0 fully saturated rings. The summed E-state index contributed by atoms with van der Waals surface area (Å²) in [7, 11) is 0. The molecule has 0 aromatic rings. The van der Waals surface area contributed by atoms with Crippen molar-refractivity contribution in [2.75, 3.05) is 0 Å². The van der Waals surface area contributed by atoms with E-state index in [9.17, 15) is 4.79 Å². The van der Waals surface area contributed by atoms with Crippen molar-refractivity contribution in [1.82, 2.24) is 0 Å². The smallest absolute Gasteiger partial charge is 0.266 e. The molecule has 0 saturated heterocycles. The van der Waals surface area contributed by atoms with Crippen LogP contribution in [0.3, 0.4) is 0 Å². The number of allylic oxidation sites excluding steroid dienone is 1. The summed E-state index contributed by atoms with van der Waals surface area (Å²) in [6.07, 6.45) is 3.53. The summed E-state index contributed by atoms with van der Waals surface area (Å²) >= 11 is 0. The largest absolute Gasteiger partial charge is 0.402 e. The highest BCUT2D eigenvalue weighted by atomic mass is 16.1. The van der Waals surface area contributed by atoms with Crippen molar-refractivity contribution in [3.8, 4) is 0 Å². The Kier molecular flexibility index (Phi) is 2.47. The van der Waals surface area contributed by atoms with E-state index in [2.05, 4.69) is 0 Å². The molecule has 1 aliphatic carbocycles. The molecule has 0 atom stereocenters. The summed E-state index contributed by atoms with van der Waals surface area (Å²) in [5.74, 6) is -0.685. The van der Waals surface area contributed by atoms with Crippen LogP contribution in [-0.4, -0.2) is 11.6 Å². The maximum absolute atomic E-state index is 10.7. The van der Waals surface area contributed by atoms with Gasteiger partial charge in [0.25, 0.3) is 5.91 Å². The third kappa shape index (κ3) is 1.64. The zero-order valence-electron chi connectivity index (χ0n) is 6.89. The van der Waals surface area contributed by atoms with E-state index in [0.29, 0.717) is 17.7 Å². The zero-order chi connectivity index (χ0) is 9.14. The fourth-order valence-corrected chi connectivity index (χ4v) is 1.36. The highest BCUT2D eigenvalue weighted by Gasteiger charge is 2.17. The number of primary amides is 1. The molecular weight excluding hydrogens is 154 g/mol. The molecule has 4 heteroatoms. The number of amides is 1. The first-order valence-electron chi connectivity index (χ1n) is 3.99. The Morgan fingerprint density at radius 3 is 2.42 bits per heavy atom. The molecule has 0 radical (unpaired) electrons. The summed E-state index contributed by atoms with van der Waals surface area (Å²) in [5.41, 5.74) is 11.8. The van der Waals surface area contributed by atoms with Gasteiger partial charge in [0.2, 0.25) is 0 Å². The van der Waals surface area contributed by atoms with Gasteiger partial charge in [0.1, 0.15) is 5.71 Å². The minimum absolute atomic E-state index is 0.118. The highest BCUT2D eigenvalue weighted by molar-refractivity contribution is 6.43. The van der Waals surface area contributed by atoms with Gasteiger partial charge in [-0.3, -0.25) is 10.2 Å². The van der Waals surface area contributed by atoms with Gasteiger partial charge in [-0.05, 0) is 25.7 Å². The lowest BCUT2D eigenvalue weighted by Crippen LogP contribution is -2.27. The molecular formula is C8H13N3O. The molecule has 0 saturated carbocycles. The summed E-state index contributed by atoms with van der Waals surface area (Å²) < 4.78 is 0. The highest BCUT2D eigenvalue weighted by Crippen LogP contribution is 2.21. The Morgan fingerprint density at radius 1 is 1.33 bits per heavy atom. The molecule has 0 bridgehead atoms. The van der Waals surface area contributed by atoms with Gasteiger partial charge < -0.3 is 11.5 Å². The summed E-state index contributed by atoms with van der Waals surface area (Å²) in [6.45, 7) is 0. The van der Waals surface area contributed by atoms with Gasteiger partial charge >= 0.3 is 0 Å². The lowest BCUT2D eigenvalue weighted by Gasteiger charge is -2.16.